The SMILES string of the molecule is CCc1ccccc1NC(=O)C[NH+](C)[C@H](C)C(=O)Nc1ccccc1[N+](=O)[O-]. The lowest BCUT2D eigenvalue weighted by Crippen LogP contribution is -3.14. The fraction of sp³-hybridized carbons (Fsp3) is 0.300. The Hall–Kier alpha value is -3.26. The normalized spacial score (nSPS) is 12.7. The quantitative estimate of drug-likeness (QED) is 0.474. The third-order valence-corrected chi connectivity index (χ3v) is 4.60. The summed E-state index contributed by atoms with van der Waals surface area (Å²) < 4.78 is 0. The maximum atomic E-state index is 12.5. The van der Waals surface area contributed by atoms with Crippen molar-refractivity contribution in [2.75, 3.05) is 24.2 Å². The van der Waals surface area contributed by atoms with E-state index >= 15 is 0 Å². The van der Waals surface area contributed by atoms with Crippen LogP contribution in [0.2, 0.25) is 0 Å². The predicted molar refractivity (Wildman–Crippen MR) is 107 cm³/mol. The molecular weight excluding hydrogens is 360 g/mol. The van der Waals surface area contributed by atoms with E-state index < -0.39 is 16.9 Å². The maximum Gasteiger partial charge on any atom is 0.292 e. The summed E-state index contributed by atoms with van der Waals surface area (Å²) >= 11 is 0. The summed E-state index contributed by atoms with van der Waals surface area (Å²) in [6, 6.07) is 12.9. The summed E-state index contributed by atoms with van der Waals surface area (Å²) in [5.41, 5.74) is 1.77. The van der Waals surface area contributed by atoms with E-state index in [2.05, 4.69) is 10.6 Å². The molecule has 0 spiro atoms. The Labute approximate surface area is 163 Å². The van der Waals surface area contributed by atoms with Crippen LogP contribution in [0.5, 0.6) is 0 Å². The van der Waals surface area contributed by atoms with Crippen molar-refractivity contribution < 1.29 is 19.4 Å². The Kier molecular flexibility index (Phi) is 7.22. The Balaban J connectivity index is 1.98. The monoisotopic (exact) mass is 385 g/mol. The van der Waals surface area contributed by atoms with Crippen LogP contribution in [0.3, 0.4) is 0 Å². The predicted octanol–water partition coefficient (Wildman–Crippen LogP) is 1.64. The van der Waals surface area contributed by atoms with E-state index in [0.717, 1.165) is 17.7 Å². The third-order valence-electron chi connectivity index (χ3n) is 4.60. The van der Waals surface area contributed by atoms with Crippen molar-refractivity contribution in [2.45, 2.75) is 26.3 Å². The van der Waals surface area contributed by atoms with Gasteiger partial charge in [-0.2, -0.15) is 0 Å². The van der Waals surface area contributed by atoms with Crippen molar-refractivity contribution in [1.82, 2.24) is 0 Å². The molecule has 1 unspecified atom stereocenters. The highest BCUT2D eigenvalue weighted by Gasteiger charge is 2.26. The minimum Gasteiger partial charge on any atom is -0.321 e. The molecule has 0 fully saturated rings. The number of aryl methyl sites for hydroxylation is 1. The highest BCUT2D eigenvalue weighted by atomic mass is 16.6. The lowest BCUT2D eigenvalue weighted by Gasteiger charge is -2.21. The van der Waals surface area contributed by atoms with Crippen molar-refractivity contribution in [3.8, 4) is 0 Å². The Morgan fingerprint density at radius 3 is 2.32 bits per heavy atom. The number of anilines is 2. The number of nitro groups is 1. The molecule has 2 amide bonds. The van der Waals surface area contributed by atoms with E-state index in [1.807, 2.05) is 31.2 Å². The number of quaternary nitrogens is 1. The largest absolute Gasteiger partial charge is 0.321 e. The Morgan fingerprint density at radius 1 is 1.07 bits per heavy atom. The molecule has 2 aromatic carbocycles. The van der Waals surface area contributed by atoms with Crippen LogP contribution < -0.4 is 15.5 Å². The number of benzene rings is 2. The molecule has 0 saturated heterocycles. The molecule has 148 valence electrons. The lowest BCUT2D eigenvalue weighted by molar-refractivity contribution is -0.885. The average Bonchev–Trinajstić information content (AvgIpc) is 2.67. The number of nitro benzene ring substituents is 1. The third kappa shape index (κ3) is 5.37. The van der Waals surface area contributed by atoms with Crippen molar-refractivity contribution in [1.29, 1.82) is 0 Å². The van der Waals surface area contributed by atoms with Gasteiger partial charge < -0.3 is 15.5 Å². The summed E-state index contributed by atoms with van der Waals surface area (Å²) in [4.78, 5) is 36.0. The number of amides is 2. The first-order valence-electron chi connectivity index (χ1n) is 9.07. The van der Waals surface area contributed by atoms with Gasteiger partial charge >= 0.3 is 0 Å². The van der Waals surface area contributed by atoms with E-state index in [9.17, 15) is 19.7 Å². The van der Waals surface area contributed by atoms with Gasteiger partial charge in [-0.15, -0.1) is 0 Å². The van der Waals surface area contributed by atoms with Gasteiger partial charge in [0.15, 0.2) is 12.6 Å². The van der Waals surface area contributed by atoms with E-state index in [0.29, 0.717) is 4.90 Å². The maximum absolute atomic E-state index is 12.5. The number of para-hydroxylation sites is 3. The molecule has 0 bridgehead atoms. The number of carbonyl (C=O) groups is 2. The second-order valence-electron chi connectivity index (χ2n) is 6.57. The van der Waals surface area contributed by atoms with Crippen LogP contribution in [-0.2, 0) is 16.0 Å². The summed E-state index contributed by atoms with van der Waals surface area (Å²) in [5.74, 6) is -0.600. The molecule has 28 heavy (non-hydrogen) atoms. The standard InChI is InChI=1S/C20H24N4O4/c1-4-15-9-5-6-10-16(15)21-19(25)13-23(3)14(2)20(26)22-17-11-7-8-12-18(17)24(27)28/h5-12,14H,4,13H2,1-3H3,(H,21,25)(H,22,26)/p+1/t14-/m1/s1. The fourth-order valence-corrected chi connectivity index (χ4v) is 2.75. The second kappa shape index (κ2) is 9.61. The summed E-state index contributed by atoms with van der Waals surface area (Å²) in [5, 5.41) is 16.5. The van der Waals surface area contributed by atoms with Crippen molar-refractivity contribution in [2.24, 2.45) is 0 Å². The van der Waals surface area contributed by atoms with E-state index in [-0.39, 0.29) is 23.8 Å². The average molecular weight is 385 g/mol. The van der Waals surface area contributed by atoms with Gasteiger partial charge in [-0.1, -0.05) is 37.3 Å². The first kappa shape index (κ1) is 21.0. The molecule has 0 aromatic heterocycles. The first-order chi connectivity index (χ1) is 13.3. The summed E-state index contributed by atoms with van der Waals surface area (Å²) in [6.07, 6.45) is 0.799. The molecule has 8 heteroatoms. The lowest BCUT2D eigenvalue weighted by atomic mass is 10.1. The van der Waals surface area contributed by atoms with Crippen LogP contribution in [0.15, 0.2) is 48.5 Å². The van der Waals surface area contributed by atoms with Gasteiger partial charge in [0, 0.05) is 11.8 Å². The van der Waals surface area contributed by atoms with Crippen molar-refractivity contribution in [3.05, 3.63) is 64.2 Å². The summed E-state index contributed by atoms with van der Waals surface area (Å²) in [7, 11) is 1.73. The van der Waals surface area contributed by atoms with Gasteiger partial charge in [-0.25, -0.2) is 0 Å². The molecule has 0 radical (unpaired) electrons. The van der Waals surface area contributed by atoms with Gasteiger partial charge in [-0.05, 0) is 31.0 Å². The number of hydrogen-bond donors (Lipinski definition) is 3. The molecule has 2 aromatic rings. The minimum absolute atomic E-state index is 0.0868. The van der Waals surface area contributed by atoms with Gasteiger partial charge in [0.1, 0.15) is 5.69 Å². The highest BCUT2D eigenvalue weighted by molar-refractivity contribution is 5.96. The Bertz CT molecular complexity index is 869. The zero-order chi connectivity index (χ0) is 20.7. The van der Waals surface area contributed by atoms with Crippen LogP contribution in [-0.4, -0.2) is 36.4 Å². The zero-order valence-corrected chi connectivity index (χ0v) is 16.2. The number of rotatable bonds is 8. The van der Waals surface area contributed by atoms with Crippen LogP contribution in [0.4, 0.5) is 17.1 Å². The van der Waals surface area contributed by atoms with E-state index in [1.165, 1.54) is 18.2 Å². The molecular formula is C20H25N4O4+. The van der Waals surface area contributed by atoms with Gasteiger partial charge in [0.05, 0.1) is 12.0 Å². The molecule has 3 N–H and O–H groups in total. The van der Waals surface area contributed by atoms with Crippen LogP contribution in [0.1, 0.15) is 19.4 Å². The van der Waals surface area contributed by atoms with E-state index in [4.69, 9.17) is 0 Å². The molecule has 0 aliphatic heterocycles. The van der Waals surface area contributed by atoms with Crippen LogP contribution in [0.25, 0.3) is 0 Å². The second-order valence-corrected chi connectivity index (χ2v) is 6.57. The number of nitrogens with one attached hydrogen (secondary N) is 3. The highest BCUT2D eigenvalue weighted by Crippen LogP contribution is 2.23. The zero-order valence-electron chi connectivity index (χ0n) is 16.2. The summed E-state index contributed by atoms with van der Waals surface area (Å²) in [6.45, 7) is 3.77. The molecule has 0 saturated carbocycles. The van der Waals surface area contributed by atoms with Gasteiger partial charge in [0.2, 0.25) is 0 Å². The number of carbonyl (C=O) groups excluding carboxylic acids is 2. The van der Waals surface area contributed by atoms with Crippen molar-refractivity contribution >= 4 is 28.9 Å². The number of likely N-dealkylation sites (N-methyl/N-ethyl adjacent to an activating group) is 1. The molecule has 0 heterocycles. The number of nitrogens with zero attached hydrogens (tertiary/aromatic N) is 1. The molecule has 8 nitrogen and oxygen atoms in total. The molecule has 2 rings (SSSR count). The molecule has 2 atom stereocenters. The van der Waals surface area contributed by atoms with E-state index in [1.54, 1.807) is 20.0 Å². The van der Waals surface area contributed by atoms with Crippen molar-refractivity contribution in [3.63, 3.8) is 0 Å². The molecule has 0 aliphatic rings. The fourth-order valence-electron chi connectivity index (χ4n) is 2.75. The topological polar surface area (TPSA) is 106 Å². The smallest absolute Gasteiger partial charge is 0.292 e. The molecule has 0 aliphatic carbocycles. The van der Waals surface area contributed by atoms with Gasteiger partial charge in [-0.3, -0.25) is 19.7 Å². The Morgan fingerprint density at radius 2 is 1.68 bits per heavy atom. The minimum atomic E-state index is -0.577. The van der Waals surface area contributed by atoms with Gasteiger partial charge in [0.25, 0.3) is 17.5 Å². The van der Waals surface area contributed by atoms with Crippen LogP contribution in [0, 0.1) is 10.1 Å². The number of hydrogen-bond acceptors (Lipinski definition) is 4. The first-order valence-corrected chi connectivity index (χ1v) is 9.07. The van der Waals surface area contributed by atoms with Crippen LogP contribution >= 0.6 is 0 Å².